The van der Waals surface area contributed by atoms with E-state index in [1.54, 1.807) is 0 Å². The van der Waals surface area contributed by atoms with Gasteiger partial charge in [-0.25, -0.2) is 0 Å². The van der Waals surface area contributed by atoms with Crippen LogP contribution in [-0.4, -0.2) is 4.98 Å². The van der Waals surface area contributed by atoms with Gasteiger partial charge in [0.15, 0.2) is 0 Å². The number of pyridine rings is 1. The van der Waals surface area contributed by atoms with Crippen molar-refractivity contribution in [3.05, 3.63) is 65.5 Å². The molecule has 0 saturated carbocycles. The van der Waals surface area contributed by atoms with Gasteiger partial charge in [-0.3, -0.25) is 4.98 Å². The molecular formula is C16H21ClN2. The van der Waals surface area contributed by atoms with E-state index >= 15 is 0 Å². The molecule has 0 saturated heterocycles. The summed E-state index contributed by atoms with van der Waals surface area (Å²) < 4.78 is 0. The molecule has 0 atom stereocenters. The Labute approximate surface area is 121 Å². The van der Waals surface area contributed by atoms with Crippen molar-refractivity contribution in [3.63, 3.8) is 0 Å². The van der Waals surface area contributed by atoms with Crippen LogP contribution in [0.25, 0.3) is 0 Å². The minimum atomic E-state index is 0. The van der Waals surface area contributed by atoms with E-state index in [1.165, 1.54) is 16.7 Å². The molecule has 2 rings (SSSR count). The van der Waals surface area contributed by atoms with Gasteiger partial charge in [0.05, 0.1) is 0 Å². The van der Waals surface area contributed by atoms with Crippen molar-refractivity contribution < 1.29 is 0 Å². The predicted molar refractivity (Wildman–Crippen MR) is 82.6 cm³/mol. The Morgan fingerprint density at radius 3 is 1.95 bits per heavy atom. The maximum absolute atomic E-state index is 4.01. The highest BCUT2D eigenvalue weighted by Crippen LogP contribution is 2.14. The van der Waals surface area contributed by atoms with Gasteiger partial charge in [0, 0.05) is 25.5 Å². The summed E-state index contributed by atoms with van der Waals surface area (Å²) in [6, 6.07) is 12.9. The molecule has 0 fully saturated rings. The van der Waals surface area contributed by atoms with Crippen LogP contribution in [0.2, 0.25) is 0 Å². The summed E-state index contributed by atoms with van der Waals surface area (Å²) in [7, 11) is 0. The Kier molecular flexibility index (Phi) is 6.54. The zero-order chi connectivity index (χ0) is 12.8. The second-order valence-corrected chi connectivity index (χ2v) is 4.86. The number of aromatic nitrogens is 1. The molecule has 2 nitrogen and oxygen atoms in total. The third-order valence-corrected chi connectivity index (χ3v) is 3.05. The zero-order valence-electron chi connectivity index (χ0n) is 11.5. The normalized spacial score (nSPS) is 10.3. The monoisotopic (exact) mass is 276 g/mol. The van der Waals surface area contributed by atoms with E-state index in [0.29, 0.717) is 5.92 Å². The fourth-order valence-corrected chi connectivity index (χ4v) is 1.87. The second kappa shape index (κ2) is 7.93. The van der Waals surface area contributed by atoms with Crippen LogP contribution in [0.15, 0.2) is 48.8 Å². The fraction of sp³-hybridized carbons (Fsp3) is 0.312. The molecule has 0 radical (unpaired) electrons. The van der Waals surface area contributed by atoms with E-state index in [4.69, 9.17) is 0 Å². The van der Waals surface area contributed by atoms with E-state index in [2.05, 4.69) is 48.4 Å². The molecule has 1 aromatic heterocycles. The molecular weight excluding hydrogens is 256 g/mol. The molecule has 0 spiro atoms. The van der Waals surface area contributed by atoms with Crippen LogP contribution in [0.3, 0.4) is 0 Å². The molecule has 0 aliphatic rings. The van der Waals surface area contributed by atoms with Gasteiger partial charge in [-0.15, -0.1) is 12.4 Å². The van der Waals surface area contributed by atoms with Gasteiger partial charge in [0.1, 0.15) is 0 Å². The molecule has 19 heavy (non-hydrogen) atoms. The number of hydrogen-bond donors (Lipinski definition) is 1. The van der Waals surface area contributed by atoms with Crippen LogP contribution in [0.4, 0.5) is 0 Å². The molecule has 102 valence electrons. The van der Waals surface area contributed by atoms with Crippen molar-refractivity contribution >= 4 is 12.4 Å². The molecule has 1 N–H and O–H groups in total. The summed E-state index contributed by atoms with van der Waals surface area (Å²) in [4.78, 5) is 4.01. The number of nitrogens with one attached hydrogen (secondary N) is 1. The van der Waals surface area contributed by atoms with Crippen molar-refractivity contribution in [1.29, 1.82) is 0 Å². The molecule has 2 aromatic rings. The minimum absolute atomic E-state index is 0. The molecule has 0 unspecified atom stereocenters. The second-order valence-electron chi connectivity index (χ2n) is 4.86. The lowest BCUT2D eigenvalue weighted by molar-refractivity contribution is 0.692. The Balaban J connectivity index is 0.00000180. The third kappa shape index (κ3) is 5.01. The highest BCUT2D eigenvalue weighted by atomic mass is 35.5. The van der Waals surface area contributed by atoms with Gasteiger partial charge in [0.2, 0.25) is 0 Å². The van der Waals surface area contributed by atoms with E-state index in [0.717, 1.165) is 13.1 Å². The first-order chi connectivity index (χ1) is 8.75. The standard InChI is InChI=1S/C16H20N2.ClH/c1-13(2)16-5-3-14(4-6-16)11-18-12-15-7-9-17-10-8-15;/h3-10,13,18H,11-12H2,1-2H3;1H. The van der Waals surface area contributed by atoms with Crippen LogP contribution < -0.4 is 5.32 Å². The van der Waals surface area contributed by atoms with Gasteiger partial charge in [-0.2, -0.15) is 0 Å². The van der Waals surface area contributed by atoms with Crippen LogP contribution in [0.1, 0.15) is 36.5 Å². The molecule has 0 amide bonds. The summed E-state index contributed by atoms with van der Waals surface area (Å²) in [6.07, 6.45) is 3.66. The Hall–Kier alpha value is -1.38. The van der Waals surface area contributed by atoms with Gasteiger partial charge < -0.3 is 5.32 Å². The van der Waals surface area contributed by atoms with Crippen molar-refractivity contribution in [2.75, 3.05) is 0 Å². The quantitative estimate of drug-likeness (QED) is 0.895. The SMILES string of the molecule is CC(C)c1ccc(CNCc2ccncc2)cc1.Cl. The first-order valence-corrected chi connectivity index (χ1v) is 6.44. The Morgan fingerprint density at radius 1 is 0.895 bits per heavy atom. The van der Waals surface area contributed by atoms with Gasteiger partial charge in [-0.1, -0.05) is 38.1 Å². The maximum Gasteiger partial charge on any atom is 0.0271 e. The molecule has 1 aromatic carbocycles. The fourth-order valence-electron chi connectivity index (χ4n) is 1.87. The average Bonchev–Trinajstić information content (AvgIpc) is 2.40. The summed E-state index contributed by atoms with van der Waals surface area (Å²) >= 11 is 0. The van der Waals surface area contributed by atoms with E-state index in [1.807, 2.05) is 24.5 Å². The highest BCUT2D eigenvalue weighted by Gasteiger charge is 1.98. The predicted octanol–water partition coefficient (Wildman–Crippen LogP) is 3.92. The Bertz CT molecular complexity index is 466. The van der Waals surface area contributed by atoms with Crippen molar-refractivity contribution in [2.24, 2.45) is 0 Å². The van der Waals surface area contributed by atoms with E-state index < -0.39 is 0 Å². The zero-order valence-corrected chi connectivity index (χ0v) is 12.3. The molecule has 0 aliphatic carbocycles. The number of rotatable bonds is 5. The molecule has 0 bridgehead atoms. The van der Waals surface area contributed by atoms with Gasteiger partial charge in [0.25, 0.3) is 0 Å². The third-order valence-electron chi connectivity index (χ3n) is 3.05. The summed E-state index contributed by atoms with van der Waals surface area (Å²) in [5.74, 6) is 0.601. The first-order valence-electron chi connectivity index (χ1n) is 6.44. The van der Waals surface area contributed by atoms with Crippen LogP contribution in [0, 0.1) is 0 Å². The lowest BCUT2D eigenvalue weighted by atomic mass is 10.0. The van der Waals surface area contributed by atoms with Crippen LogP contribution in [0.5, 0.6) is 0 Å². The van der Waals surface area contributed by atoms with E-state index in [-0.39, 0.29) is 12.4 Å². The number of hydrogen-bond acceptors (Lipinski definition) is 2. The van der Waals surface area contributed by atoms with E-state index in [9.17, 15) is 0 Å². The molecule has 3 heteroatoms. The van der Waals surface area contributed by atoms with Crippen molar-refractivity contribution in [2.45, 2.75) is 32.9 Å². The number of nitrogens with zero attached hydrogens (tertiary/aromatic N) is 1. The summed E-state index contributed by atoms with van der Waals surface area (Å²) in [5.41, 5.74) is 3.99. The Morgan fingerprint density at radius 2 is 1.42 bits per heavy atom. The highest BCUT2D eigenvalue weighted by molar-refractivity contribution is 5.85. The van der Waals surface area contributed by atoms with Crippen LogP contribution in [-0.2, 0) is 13.1 Å². The number of benzene rings is 1. The maximum atomic E-state index is 4.01. The van der Waals surface area contributed by atoms with Crippen molar-refractivity contribution in [3.8, 4) is 0 Å². The minimum Gasteiger partial charge on any atom is -0.309 e. The average molecular weight is 277 g/mol. The van der Waals surface area contributed by atoms with Crippen molar-refractivity contribution in [1.82, 2.24) is 10.3 Å². The topological polar surface area (TPSA) is 24.9 Å². The lowest BCUT2D eigenvalue weighted by Gasteiger charge is -2.08. The molecule has 0 aliphatic heterocycles. The molecule has 1 heterocycles. The lowest BCUT2D eigenvalue weighted by Crippen LogP contribution is -2.12. The summed E-state index contributed by atoms with van der Waals surface area (Å²) in [5, 5.41) is 3.44. The van der Waals surface area contributed by atoms with Gasteiger partial charge >= 0.3 is 0 Å². The van der Waals surface area contributed by atoms with Crippen LogP contribution >= 0.6 is 12.4 Å². The largest absolute Gasteiger partial charge is 0.309 e. The smallest absolute Gasteiger partial charge is 0.0271 e. The summed E-state index contributed by atoms with van der Waals surface area (Å²) in [6.45, 7) is 6.22. The number of halogens is 1. The van der Waals surface area contributed by atoms with Gasteiger partial charge in [-0.05, 0) is 34.7 Å². The first kappa shape index (κ1) is 15.7.